The van der Waals surface area contributed by atoms with Gasteiger partial charge in [-0.25, -0.2) is 14.0 Å². The van der Waals surface area contributed by atoms with Gasteiger partial charge in [0, 0.05) is 18.3 Å². The molecule has 0 radical (unpaired) electrons. The zero-order valence-electron chi connectivity index (χ0n) is 17.3. The maximum absolute atomic E-state index is 14.2. The normalized spacial score (nSPS) is 16.6. The van der Waals surface area contributed by atoms with Gasteiger partial charge >= 0.3 is 12.1 Å². The molecule has 1 aliphatic carbocycles. The van der Waals surface area contributed by atoms with Gasteiger partial charge < -0.3 is 14.6 Å². The van der Waals surface area contributed by atoms with Crippen LogP contribution in [-0.4, -0.2) is 40.2 Å². The van der Waals surface area contributed by atoms with E-state index in [1.54, 1.807) is 26.8 Å². The number of benzene rings is 1. The van der Waals surface area contributed by atoms with Crippen molar-refractivity contribution >= 4 is 17.8 Å². The maximum atomic E-state index is 14.2. The summed E-state index contributed by atoms with van der Waals surface area (Å²) in [7, 11) is 1.37. The predicted octanol–water partition coefficient (Wildman–Crippen LogP) is 4.42. The summed E-state index contributed by atoms with van der Waals surface area (Å²) in [6.07, 6.45) is 1.12. The fourth-order valence-electron chi connectivity index (χ4n) is 3.70. The third-order valence-electron chi connectivity index (χ3n) is 5.02. The van der Waals surface area contributed by atoms with Gasteiger partial charge in [0.25, 0.3) is 0 Å². The highest BCUT2D eigenvalue weighted by atomic mass is 19.1. The molecule has 7 nitrogen and oxygen atoms in total. The van der Waals surface area contributed by atoms with Crippen molar-refractivity contribution in [2.75, 3.05) is 7.11 Å². The number of hydrogen-bond acceptors (Lipinski definition) is 5. The number of carbonyl (C=O) groups excluding carboxylic acids is 2. The molecule has 0 fully saturated rings. The maximum Gasteiger partial charge on any atom is 0.418 e. The van der Waals surface area contributed by atoms with Gasteiger partial charge in [0.1, 0.15) is 5.60 Å². The Labute approximate surface area is 173 Å². The summed E-state index contributed by atoms with van der Waals surface area (Å²) in [5.74, 6) is -2.45. The van der Waals surface area contributed by atoms with Crippen LogP contribution in [0.3, 0.4) is 0 Å². The Balaban J connectivity index is 1.99. The second-order valence-electron chi connectivity index (χ2n) is 8.28. The number of ether oxygens (including phenoxy) is 2. The Morgan fingerprint density at radius 3 is 2.53 bits per heavy atom. The van der Waals surface area contributed by atoms with Crippen molar-refractivity contribution in [2.45, 2.75) is 51.6 Å². The minimum atomic E-state index is -1.30. The minimum absolute atomic E-state index is 0.0113. The first-order chi connectivity index (χ1) is 14.0. The lowest BCUT2D eigenvalue weighted by molar-refractivity contribution is 0.0532. The predicted molar refractivity (Wildman–Crippen MR) is 106 cm³/mol. The van der Waals surface area contributed by atoms with E-state index in [-0.39, 0.29) is 35.6 Å². The molecule has 1 N–H and O–H groups in total. The number of aromatic nitrogens is 1. The summed E-state index contributed by atoms with van der Waals surface area (Å²) in [6.45, 7) is 5.10. The van der Waals surface area contributed by atoms with E-state index in [1.807, 2.05) is 0 Å². The molecular formula is C22H24FNO6. The Hall–Kier alpha value is -3.16. The lowest BCUT2D eigenvalue weighted by Crippen LogP contribution is -2.27. The van der Waals surface area contributed by atoms with Crippen LogP contribution in [0.2, 0.25) is 0 Å². The Morgan fingerprint density at radius 1 is 1.27 bits per heavy atom. The summed E-state index contributed by atoms with van der Waals surface area (Å²) in [5, 5.41) is 9.57. The fourth-order valence-corrected chi connectivity index (χ4v) is 3.70. The van der Waals surface area contributed by atoms with Crippen molar-refractivity contribution in [1.29, 1.82) is 0 Å². The molecule has 0 spiro atoms. The molecule has 0 saturated carbocycles. The monoisotopic (exact) mass is 417 g/mol. The van der Waals surface area contributed by atoms with E-state index in [4.69, 9.17) is 9.47 Å². The highest BCUT2D eigenvalue weighted by molar-refractivity contribution is 6.08. The van der Waals surface area contributed by atoms with Gasteiger partial charge in [-0.15, -0.1) is 0 Å². The van der Waals surface area contributed by atoms with E-state index in [9.17, 15) is 23.9 Å². The lowest BCUT2D eigenvalue weighted by Gasteiger charge is -2.20. The first-order valence-electron chi connectivity index (χ1n) is 9.59. The molecular weight excluding hydrogens is 393 g/mol. The molecule has 0 saturated heterocycles. The zero-order valence-corrected chi connectivity index (χ0v) is 17.3. The molecule has 2 aromatic rings. The van der Waals surface area contributed by atoms with Crippen LogP contribution >= 0.6 is 0 Å². The smallest absolute Gasteiger partial charge is 0.418 e. The molecule has 30 heavy (non-hydrogen) atoms. The number of carbonyl (C=O) groups is 3. The quantitative estimate of drug-likeness (QED) is 0.743. The Morgan fingerprint density at radius 2 is 1.97 bits per heavy atom. The molecule has 1 atom stereocenters. The number of hydrogen-bond donors (Lipinski definition) is 1. The number of aromatic carboxylic acids is 1. The third-order valence-corrected chi connectivity index (χ3v) is 5.02. The van der Waals surface area contributed by atoms with E-state index in [0.717, 1.165) is 10.8 Å². The van der Waals surface area contributed by atoms with Gasteiger partial charge in [-0.2, -0.15) is 0 Å². The summed E-state index contributed by atoms with van der Waals surface area (Å²) < 4.78 is 25.6. The van der Waals surface area contributed by atoms with Crippen LogP contribution in [0.1, 0.15) is 71.5 Å². The fraction of sp³-hybridized carbons (Fsp3) is 0.409. The zero-order chi connectivity index (χ0) is 22.2. The van der Waals surface area contributed by atoms with Crippen LogP contribution in [-0.2, 0) is 11.2 Å². The SMILES string of the molecule is COc1ccc(C2CCc3c(c(C(=O)O)cn3C(=O)OC(C)(C)C)C(=O)C2)cc1F. The number of halogens is 1. The summed E-state index contributed by atoms with van der Waals surface area (Å²) in [6, 6.07) is 4.51. The van der Waals surface area contributed by atoms with Gasteiger partial charge in [0.15, 0.2) is 17.3 Å². The van der Waals surface area contributed by atoms with Crippen LogP contribution in [0, 0.1) is 5.82 Å². The molecule has 1 aliphatic rings. The first kappa shape index (κ1) is 21.5. The van der Waals surface area contributed by atoms with E-state index >= 15 is 0 Å². The van der Waals surface area contributed by atoms with Crippen LogP contribution < -0.4 is 4.74 Å². The molecule has 1 aromatic heterocycles. The van der Waals surface area contributed by atoms with Crippen molar-refractivity contribution in [2.24, 2.45) is 0 Å². The number of nitrogens with zero attached hydrogens (tertiary/aromatic N) is 1. The summed E-state index contributed by atoms with van der Waals surface area (Å²) >= 11 is 0. The second kappa shape index (κ2) is 7.93. The highest BCUT2D eigenvalue weighted by Gasteiger charge is 2.34. The number of methoxy groups -OCH3 is 1. The minimum Gasteiger partial charge on any atom is -0.494 e. The van der Waals surface area contributed by atoms with Gasteiger partial charge in [-0.05, 0) is 57.2 Å². The topological polar surface area (TPSA) is 94.8 Å². The number of Topliss-reactive ketones (excluding diaryl/α,β-unsaturated/α-hetero) is 1. The lowest BCUT2D eigenvalue weighted by atomic mass is 9.90. The number of fused-ring (bicyclic) bond motifs is 1. The number of carboxylic acid groups (broad SMARTS) is 1. The van der Waals surface area contributed by atoms with E-state index in [1.165, 1.54) is 19.2 Å². The average molecular weight is 417 g/mol. The van der Waals surface area contributed by atoms with Gasteiger partial charge in [-0.3, -0.25) is 9.36 Å². The van der Waals surface area contributed by atoms with Crippen LogP contribution in [0.4, 0.5) is 9.18 Å². The number of carboxylic acids is 1. The molecule has 160 valence electrons. The molecule has 0 bridgehead atoms. The van der Waals surface area contributed by atoms with Crippen molar-refractivity contribution < 1.29 is 33.4 Å². The Bertz CT molecular complexity index is 1020. The molecule has 1 unspecified atom stereocenters. The van der Waals surface area contributed by atoms with E-state index in [2.05, 4.69) is 0 Å². The highest BCUT2D eigenvalue weighted by Crippen LogP contribution is 2.35. The third kappa shape index (κ3) is 4.22. The van der Waals surface area contributed by atoms with E-state index in [0.29, 0.717) is 17.7 Å². The largest absolute Gasteiger partial charge is 0.494 e. The average Bonchev–Trinajstić information content (AvgIpc) is 2.95. The molecule has 1 aromatic carbocycles. The summed E-state index contributed by atoms with van der Waals surface area (Å²) in [4.78, 5) is 37.4. The Kier molecular flexibility index (Phi) is 5.70. The second-order valence-corrected chi connectivity index (χ2v) is 8.28. The van der Waals surface area contributed by atoms with Crippen molar-refractivity contribution in [1.82, 2.24) is 4.57 Å². The number of rotatable bonds is 3. The standard InChI is InChI=1S/C22H24FNO6/c1-22(2,3)30-21(28)24-11-14(20(26)27)19-16(24)7-5-13(10-17(19)25)12-6-8-18(29-4)15(23)9-12/h6,8-9,11,13H,5,7,10H2,1-4H3,(H,26,27). The molecule has 8 heteroatoms. The van der Waals surface area contributed by atoms with Gasteiger partial charge in [0.05, 0.1) is 18.2 Å². The van der Waals surface area contributed by atoms with Crippen molar-refractivity contribution in [3.8, 4) is 5.75 Å². The van der Waals surface area contributed by atoms with Crippen molar-refractivity contribution in [3.05, 3.63) is 52.6 Å². The molecule has 0 amide bonds. The van der Waals surface area contributed by atoms with Gasteiger partial charge in [-0.1, -0.05) is 6.07 Å². The van der Waals surface area contributed by atoms with E-state index < -0.39 is 29.3 Å². The molecule has 3 rings (SSSR count). The van der Waals surface area contributed by atoms with Crippen LogP contribution in [0.25, 0.3) is 0 Å². The first-order valence-corrected chi connectivity index (χ1v) is 9.59. The summed E-state index contributed by atoms with van der Waals surface area (Å²) in [5.41, 5.74) is -0.0712. The van der Waals surface area contributed by atoms with Crippen LogP contribution in [0.5, 0.6) is 5.75 Å². The van der Waals surface area contributed by atoms with Crippen LogP contribution in [0.15, 0.2) is 24.4 Å². The molecule has 1 heterocycles. The van der Waals surface area contributed by atoms with Gasteiger partial charge in [0.2, 0.25) is 0 Å². The van der Waals surface area contributed by atoms with Crippen molar-refractivity contribution in [3.63, 3.8) is 0 Å². The molecule has 0 aliphatic heterocycles. The number of ketones is 1.